The van der Waals surface area contributed by atoms with Crippen molar-refractivity contribution in [2.45, 2.75) is 19.3 Å². The van der Waals surface area contributed by atoms with Gasteiger partial charge in [0.1, 0.15) is 12.9 Å². The van der Waals surface area contributed by atoms with Crippen LogP contribution in [0.4, 0.5) is 0 Å². The fraction of sp³-hybridized carbons (Fsp3) is 0.364. The molecule has 0 heterocycles. The SMILES string of the molecule is CO/N=C1\CCCc2ccc(O)cc21. The maximum atomic E-state index is 9.38. The van der Waals surface area contributed by atoms with Gasteiger partial charge >= 0.3 is 0 Å². The van der Waals surface area contributed by atoms with E-state index >= 15 is 0 Å². The van der Waals surface area contributed by atoms with E-state index in [0.717, 1.165) is 30.5 Å². The topological polar surface area (TPSA) is 41.8 Å². The fourth-order valence-electron chi connectivity index (χ4n) is 1.84. The van der Waals surface area contributed by atoms with E-state index in [1.54, 1.807) is 19.2 Å². The number of fused-ring (bicyclic) bond motifs is 1. The average Bonchev–Trinajstić information content (AvgIpc) is 2.19. The normalized spacial score (nSPS) is 17.9. The van der Waals surface area contributed by atoms with Crippen LogP contribution in [0.5, 0.6) is 5.75 Å². The van der Waals surface area contributed by atoms with Crippen molar-refractivity contribution in [3.05, 3.63) is 29.3 Å². The van der Waals surface area contributed by atoms with Gasteiger partial charge in [-0.15, -0.1) is 0 Å². The third-order valence-electron chi connectivity index (χ3n) is 2.47. The van der Waals surface area contributed by atoms with Crippen molar-refractivity contribution in [2.75, 3.05) is 7.11 Å². The van der Waals surface area contributed by atoms with E-state index in [-0.39, 0.29) is 5.75 Å². The Balaban J connectivity index is 2.47. The molecular formula is C11H13NO2. The van der Waals surface area contributed by atoms with Gasteiger partial charge in [0.25, 0.3) is 0 Å². The van der Waals surface area contributed by atoms with E-state index in [4.69, 9.17) is 4.84 Å². The molecule has 0 radical (unpaired) electrons. The number of aryl methyl sites for hydroxylation is 1. The van der Waals surface area contributed by atoms with Crippen molar-refractivity contribution in [1.82, 2.24) is 0 Å². The first-order valence-electron chi connectivity index (χ1n) is 4.73. The van der Waals surface area contributed by atoms with Crippen LogP contribution in [0, 0.1) is 0 Å². The lowest BCUT2D eigenvalue weighted by molar-refractivity contribution is 0.212. The van der Waals surface area contributed by atoms with Gasteiger partial charge in [-0.2, -0.15) is 0 Å². The summed E-state index contributed by atoms with van der Waals surface area (Å²) in [6, 6.07) is 5.43. The molecule has 1 aromatic carbocycles. The number of hydrogen-bond donors (Lipinski definition) is 1. The second-order valence-electron chi connectivity index (χ2n) is 3.42. The first kappa shape index (κ1) is 9.06. The van der Waals surface area contributed by atoms with Crippen molar-refractivity contribution >= 4 is 5.71 Å². The van der Waals surface area contributed by atoms with Crippen LogP contribution in [0.25, 0.3) is 0 Å². The molecule has 3 nitrogen and oxygen atoms in total. The third-order valence-corrected chi connectivity index (χ3v) is 2.47. The lowest BCUT2D eigenvalue weighted by Gasteiger charge is -2.16. The van der Waals surface area contributed by atoms with Crippen LogP contribution in [0.1, 0.15) is 24.0 Å². The highest BCUT2D eigenvalue weighted by atomic mass is 16.6. The second kappa shape index (κ2) is 3.70. The highest BCUT2D eigenvalue weighted by Gasteiger charge is 2.16. The van der Waals surface area contributed by atoms with Gasteiger partial charge in [0.15, 0.2) is 0 Å². The molecule has 3 heteroatoms. The van der Waals surface area contributed by atoms with Crippen LogP contribution in [0.3, 0.4) is 0 Å². The van der Waals surface area contributed by atoms with Crippen molar-refractivity contribution < 1.29 is 9.94 Å². The number of rotatable bonds is 1. The zero-order valence-electron chi connectivity index (χ0n) is 8.16. The van der Waals surface area contributed by atoms with Gasteiger partial charge in [-0.3, -0.25) is 0 Å². The Labute approximate surface area is 83.0 Å². The molecule has 0 aromatic heterocycles. The number of benzene rings is 1. The maximum Gasteiger partial charge on any atom is 0.116 e. The summed E-state index contributed by atoms with van der Waals surface area (Å²) in [5.74, 6) is 0.287. The predicted octanol–water partition coefficient (Wildman–Crippen LogP) is 2.08. The highest BCUT2D eigenvalue weighted by molar-refractivity contribution is 6.02. The summed E-state index contributed by atoms with van der Waals surface area (Å²) in [5, 5.41) is 13.4. The first-order valence-corrected chi connectivity index (χ1v) is 4.73. The van der Waals surface area contributed by atoms with Crippen LogP contribution in [-0.4, -0.2) is 17.9 Å². The Kier molecular flexibility index (Phi) is 2.39. The van der Waals surface area contributed by atoms with Gasteiger partial charge in [0.2, 0.25) is 0 Å². The summed E-state index contributed by atoms with van der Waals surface area (Å²) in [5.41, 5.74) is 3.20. The van der Waals surface area contributed by atoms with Crippen LogP contribution in [-0.2, 0) is 11.3 Å². The molecule has 1 aliphatic carbocycles. The highest BCUT2D eigenvalue weighted by Crippen LogP contribution is 2.25. The summed E-state index contributed by atoms with van der Waals surface area (Å²) in [4.78, 5) is 4.78. The van der Waals surface area contributed by atoms with Gasteiger partial charge in [0, 0.05) is 5.56 Å². The molecule has 1 N–H and O–H groups in total. The average molecular weight is 191 g/mol. The summed E-state index contributed by atoms with van der Waals surface area (Å²) in [6.07, 6.45) is 3.07. The summed E-state index contributed by atoms with van der Waals surface area (Å²) >= 11 is 0. The van der Waals surface area contributed by atoms with E-state index in [1.807, 2.05) is 6.07 Å². The summed E-state index contributed by atoms with van der Waals surface area (Å²) in [7, 11) is 1.55. The fourth-order valence-corrected chi connectivity index (χ4v) is 1.84. The molecule has 14 heavy (non-hydrogen) atoms. The number of nitrogens with zero attached hydrogens (tertiary/aromatic N) is 1. The summed E-state index contributed by atoms with van der Waals surface area (Å²) in [6.45, 7) is 0. The number of oxime groups is 1. The minimum absolute atomic E-state index is 0.287. The van der Waals surface area contributed by atoms with E-state index in [0.29, 0.717) is 0 Å². The lowest BCUT2D eigenvalue weighted by Crippen LogP contribution is -2.11. The third kappa shape index (κ3) is 1.58. The number of phenolic OH excluding ortho intramolecular Hbond substituents is 1. The molecule has 1 aromatic rings. The zero-order chi connectivity index (χ0) is 9.97. The van der Waals surface area contributed by atoms with Gasteiger partial charge in [-0.25, -0.2) is 0 Å². The standard InChI is InChI=1S/C11H13NO2/c1-14-12-11-4-2-3-8-5-6-9(13)7-10(8)11/h5-7,13H,2-4H2,1H3/b12-11+. The molecule has 1 aliphatic rings. The molecule has 0 spiro atoms. The van der Waals surface area contributed by atoms with Gasteiger partial charge in [0.05, 0.1) is 5.71 Å². The summed E-state index contributed by atoms with van der Waals surface area (Å²) < 4.78 is 0. The molecule has 0 unspecified atom stereocenters. The second-order valence-corrected chi connectivity index (χ2v) is 3.42. The van der Waals surface area contributed by atoms with Crippen LogP contribution in [0.2, 0.25) is 0 Å². The molecule has 0 amide bonds. The Morgan fingerprint density at radius 2 is 2.21 bits per heavy atom. The quantitative estimate of drug-likeness (QED) is 0.690. The number of phenols is 1. The van der Waals surface area contributed by atoms with Crippen molar-refractivity contribution in [1.29, 1.82) is 0 Å². The molecule has 0 saturated heterocycles. The van der Waals surface area contributed by atoms with E-state index < -0.39 is 0 Å². The van der Waals surface area contributed by atoms with Crippen LogP contribution in [0.15, 0.2) is 23.4 Å². The first-order chi connectivity index (χ1) is 6.81. The molecule has 0 fully saturated rings. The predicted molar refractivity (Wildman–Crippen MR) is 54.6 cm³/mol. The molecule has 0 atom stereocenters. The minimum atomic E-state index is 0.287. The molecule has 0 bridgehead atoms. The van der Waals surface area contributed by atoms with Gasteiger partial charge < -0.3 is 9.94 Å². The largest absolute Gasteiger partial charge is 0.508 e. The minimum Gasteiger partial charge on any atom is -0.508 e. The van der Waals surface area contributed by atoms with Crippen LogP contribution < -0.4 is 0 Å². The van der Waals surface area contributed by atoms with Crippen molar-refractivity contribution in [3.8, 4) is 5.75 Å². The Bertz CT molecular complexity index is 372. The zero-order valence-corrected chi connectivity index (χ0v) is 8.16. The molecule has 0 aliphatic heterocycles. The molecule has 2 rings (SSSR count). The maximum absolute atomic E-state index is 9.38. The Morgan fingerprint density at radius 1 is 1.36 bits per heavy atom. The van der Waals surface area contributed by atoms with Crippen molar-refractivity contribution in [3.63, 3.8) is 0 Å². The Morgan fingerprint density at radius 3 is 3.00 bits per heavy atom. The van der Waals surface area contributed by atoms with E-state index in [9.17, 15) is 5.11 Å². The van der Waals surface area contributed by atoms with E-state index in [2.05, 4.69) is 5.16 Å². The number of aromatic hydroxyl groups is 1. The van der Waals surface area contributed by atoms with Gasteiger partial charge in [-0.1, -0.05) is 11.2 Å². The van der Waals surface area contributed by atoms with Crippen molar-refractivity contribution in [2.24, 2.45) is 5.16 Å². The lowest BCUT2D eigenvalue weighted by atomic mass is 9.90. The van der Waals surface area contributed by atoms with Gasteiger partial charge in [-0.05, 0) is 37.0 Å². The molecule has 74 valence electrons. The Hall–Kier alpha value is -1.51. The molecular weight excluding hydrogens is 178 g/mol. The van der Waals surface area contributed by atoms with Crippen LogP contribution >= 0.6 is 0 Å². The number of hydrogen-bond acceptors (Lipinski definition) is 3. The molecule has 0 saturated carbocycles. The van der Waals surface area contributed by atoms with E-state index in [1.165, 1.54) is 5.56 Å². The monoisotopic (exact) mass is 191 g/mol. The smallest absolute Gasteiger partial charge is 0.116 e.